The van der Waals surface area contributed by atoms with E-state index in [1.165, 1.54) is 6.07 Å². The smallest absolute Gasteiger partial charge is 0.243 e. The molecule has 0 aliphatic heterocycles. The average molecular weight is 321 g/mol. The lowest BCUT2D eigenvalue weighted by Gasteiger charge is -2.12. The van der Waals surface area contributed by atoms with Gasteiger partial charge in [-0.25, -0.2) is 17.5 Å². The van der Waals surface area contributed by atoms with Crippen molar-refractivity contribution in [3.05, 3.63) is 28.5 Å². The third kappa shape index (κ3) is 3.14. The van der Waals surface area contributed by atoms with Crippen LogP contribution in [0.2, 0.25) is 5.02 Å². The van der Waals surface area contributed by atoms with Crippen LogP contribution in [0.25, 0.3) is 0 Å². The molecule has 0 aromatic heterocycles. The summed E-state index contributed by atoms with van der Waals surface area (Å²) in [4.78, 5) is -0.391. The second kappa shape index (κ2) is 5.26. The fourth-order valence-corrected chi connectivity index (χ4v) is 3.91. The quantitative estimate of drug-likeness (QED) is 0.875. The number of rotatable bonds is 5. The van der Waals surface area contributed by atoms with E-state index in [1.807, 2.05) is 13.8 Å². The van der Waals surface area contributed by atoms with Gasteiger partial charge in [-0.05, 0) is 31.0 Å². The van der Waals surface area contributed by atoms with E-state index in [0.29, 0.717) is 0 Å². The third-order valence-electron chi connectivity index (χ3n) is 3.55. The van der Waals surface area contributed by atoms with Gasteiger partial charge in [0, 0.05) is 23.2 Å². The van der Waals surface area contributed by atoms with Crippen LogP contribution in [0.15, 0.2) is 17.0 Å². The summed E-state index contributed by atoms with van der Waals surface area (Å²) in [6, 6.07) is 2.42. The van der Waals surface area contributed by atoms with Crippen LogP contribution in [0, 0.1) is 11.2 Å². The van der Waals surface area contributed by atoms with Gasteiger partial charge in [0.1, 0.15) is 10.7 Å². The van der Waals surface area contributed by atoms with Gasteiger partial charge in [-0.15, -0.1) is 0 Å². The highest BCUT2D eigenvalue weighted by Gasteiger charge is 2.48. The van der Waals surface area contributed by atoms with Gasteiger partial charge in [-0.3, -0.25) is 0 Å². The first-order valence-electron chi connectivity index (χ1n) is 6.32. The maximum atomic E-state index is 14.3. The van der Waals surface area contributed by atoms with E-state index < -0.39 is 20.7 Å². The van der Waals surface area contributed by atoms with Crippen molar-refractivity contribution in [3.63, 3.8) is 0 Å². The minimum Gasteiger partial charge on any atom is -0.316 e. The molecule has 2 rings (SSSR count). The molecule has 1 aromatic carbocycles. The van der Waals surface area contributed by atoms with Gasteiger partial charge in [-0.2, -0.15) is 0 Å². The molecule has 1 atom stereocenters. The highest BCUT2D eigenvalue weighted by Crippen LogP contribution is 2.45. The summed E-state index contributed by atoms with van der Waals surface area (Å²) in [5.74, 6) is -0.755. The first-order chi connectivity index (χ1) is 9.17. The number of sulfonamides is 1. The molecule has 0 amide bonds. The summed E-state index contributed by atoms with van der Waals surface area (Å²) < 4.78 is 41.3. The number of halogens is 2. The molecule has 112 valence electrons. The normalized spacial score (nSPS) is 20.9. The molecular weight excluding hydrogens is 303 g/mol. The van der Waals surface area contributed by atoms with E-state index in [1.54, 1.807) is 7.05 Å². The second-order valence-electron chi connectivity index (χ2n) is 5.77. The molecule has 4 nitrogen and oxygen atoms in total. The van der Waals surface area contributed by atoms with Crippen molar-refractivity contribution in [3.8, 4) is 0 Å². The zero-order chi connectivity index (χ0) is 15.1. The highest BCUT2D eigenvalue weighted by atomic mass is 35.5. The van der Waals surface area contributed by atoms with Crippen molar-refractivity contribution in [1.82, 2.24) is 10.0 Å². The van der Waals surface area contributed by atoms with Crippen LogP contribution in [-0.2, 0) is 16.6 Å². The lowest BCUT2D eigenvalue weighted by atomic mass is 10.2. The summed E-state index contributed by atoms with van der Waals surface area (Å²) in [6.45, 7) is 4.13. The molecule has 1 unspecified atom stereocenters. The Bertz CT molecular complexity index is 632. The number of nitrogens with one attached hydrogen (secondary N) is 2. The minimum atomic E-state index is -3.90. The van der Waals surface area contributed by atoms with Gasteiger partial charge in [0.2, 0.25) is 10.0 Å². The van der Waals surface area contributed by atoms with Gasteiger partial charge in [0.25, 0.3) is 0 Å². The zero-order valence-corrected chi connectivity index (χ0v) is 13.2. The van der Waals surface area contributed by atoms with Crippen molar-refractivity contribution in [2.75, 3.05) is 7.05 Å². The van der Waals surface area contributed by atoms with Crippen LogP contribution >= 0.6 is 11.6 Å². The predicted octanol–water partition coefficient (Wildman–Crippen LogP) is 2.28. The molecule has 20 heavy (non-hydrogen) atoms. The van der Waals surface area contributed by atoms with Crippen molar-refractivity contribution in [2.45, 2.75) is 37.8 Å². The number of hydrogen-bond acceptors (Lipinski definition) is 3. The van der Waals surface area contributed by atoms with Crippen LogP contribution in [0.5, 0.6) is 0 Å². The van der Waals surface area contributed by atoms with Crippen molar-refractivity contribution in [2.24, 2.45) is 5.41 Å². The van der Waals surface area contributed by atoms with Crippen molar-refractivity contribution >= 4 is 21.6 Å². The fraction of sp³-hybridized carbons (Fsp3) is 0.538. The molecule has 1 aromatic rings. The van der Waals surface area contributed by atoms with Gasteiger partial charge >= 0.3 is 0 Å². The van der Waals surface area contributed by atoms with Crippen LogP contribution < -0.4 is 10.0 Å². The Balaban J connectivity index is 2.36. The Hall–Kier alpha value is -0.690. The predicted molar refractivity (Wildman–Crippen MR) is 76.7 cm³/mol. The van der Waals surface area contributed by atoms with Crippen LogP contribution in [0.4, 0.5) is 4.39 Å². The summed E-state index contributed by atoms with van der Waals surface area (Å²) >= 11 is 5.89. The molecule has 7 heteroatoms. The zero-order valence-electron chi connectivity index (χ0n) is 11.6. The van der Waals surface area contributed by atoms with Gasteiger partial charge in [0.15, 0.2) is 0 Å². The Morgan fingerprint density at radius 1 is 1.45 bits per heavy atom. The fourth-order valence-electron chi connectivity index (χ4n) is 2.05. The maximum Gasteiger partial charge on any atom is 0.243 e. The summed E-state index contributed by atoms with van der Waals surface area (Å²) in [5, 5.41) is 2.98. The molecule has 1 fully saturated rings. The third-order valence-corrected chi connectivity index (χ3v) is 5.24. The molecule has 0 spiro atoms. The lowest BCUT2D eigenvalue weighted by Crippen LogP contribution is -2.29. The van der Waals surface area contributed by atoms with Gasteiger partial charge in [0.05, 0.1) is 0 Å². The van der Waals surface area contributed by atoms with E-state index in [0.717, 1.165) is 12.5 Å². The lowest BCUT2D eigenvalue weighted by molar-refractivity contribution is 0.534. The Labute approximate surface area is 123 Å². The van der Waals surface area contributed by atoms with Crippen molar-refractivity contribution in [1.29, 1.82) is 0 Å². The molecule has 1 aliphatic rings. The molecular formula is C13H18ClFN2O2S. The molecule has 2 N–H and O–H groups in total. The van der Waals surface area contributed by atoms with E-state index in [4.69, 9.17) is 11.6 Å². The topological polar surface area (TPSA) is 58.2 Å². The standard InChI is InChI=1S/C13H18ClFN2O2S/c1-13(2)6-11(13)17-20(18,19)10-5-9(14)4-8(7-16-3)12(10)15/h4-5,11,16-17H,6-7H2,1-3H3. The minimum absolute atomic E-state index is 0.0735. The first kappa shape index (κ1) is 15.7. The Morgan fingerprint density at radius 3 is 2.55 bits per heavy atom. The second-order valence-corrected chi connectivity index (χ2v) is 7.89. The van der Waals surface area contributed by atoms with E-state index in [-0.39, 0.29) is 28.6 Å². The molecule has 0 bridgehead atoms. The van der Waals surface area contributed by atoms with Gasteiger partial charge in [-0.1, -0.05) is 25.4 Å². The molecule has 0 radical (unpaired) electrons. The SMILES string of the molecule is CNCc1cc(Cl)cc(S(=O)(=O)NC2CC2(C)C)c1F. The molecule has 0 heterocycles. The monoisotopic (exact) mass is 320 g/mol. The molecule has 1 saturated carbocycles. The maximum absolute atomic E-state index is 14.3. The van der Waals surface area contributed by atoms with Crippen LogP contribution in [0.1, 0.15) is 25.8 Å². The van der Waals surface area contributed by atoms with Gasteiger partial charge < -0.3 is 5.32 Å². The summed E-state index contributed by atoms with van der Waals surface area (Å²) in [6.07, 6.45) is 0.748. The number of benzene rings is 1. The first-order valence-corrected chi connectivity index (χ1v) is 8.18. The van der Waals surface area contributed by atoms with E-state index in [9.17, 15) is 12.8 Å². The Morgan fingerprint density at radius 2 is 2.05 bits per heavy atom. The largest absolute Gasteiger partial charge is 0.316 e. The number of hydrogen-bond donors (Lipinski definition) is 2. The average Bonchev–Trinajstić information content (AvgIpc) is 2.89. The van der Waals surface area contributed by atoms with Crippen LogP contribution in [0.3, 0.4) is 0 Å². The van der Waals surface area contributed by atoms with E-state index in [2.05, 4.69) is 10.0 Å². The Kier molecular flexibility index (Phi) is 4.12. The van der Waals surface area contributed by atoms with Crippen LogP contribution in [-0.4, -0.2) is 21.5 Å². The summed E-state index contributed by atoms with van der Waals surface area (Å²) in [7, 11) is -2.25. The summed E-state index contributed by atoms with van der Waals surface area (Å²) in [5.41, 5.74) is 0.158. The van der Waals surface area contributed by atoms with Crippen molar-refractivity contribution < 1.29 is 12.8 Å². The molecule has 0 saturated heterocycles. The molecule has 1 aliphatic carbocycles. The van der Waals surface area contributed by atoms with E-state index >= 15 is 0 Å². The highest BCUT2D eigenvalue weighted by molar-refractivity contribution is 7.89.